The number of carbonyl (C=O) groups excluding carboxylic acids is 1. The van der Waals surface area contributed by atoms with Gasteiger partial charge in [-0.25, -0.2) is 9.37 Å². The highest BCUT2D eigenvalue weighted by Crippen LogP contribution is 2.15. The molecule has 0 aliphatic carbocycles. The van der Waals surface area contributed by atoms with Crippen LogP contribution < -0.4 is 10.1 Å². The second-order valence-electron chi connectivity index (χ2n) is 5.42. The van der Waals surface area contributed by atoms with Crippen molar-refractivity contribution in [1.29, 1.82) is 0 Å². The van der Waals surface area contributed by atoms with Crippen LogP contribution >= 0.6 is 0 Å². The van der Waals surface area contributed by atoms with Crippen molar-refractivity contribution in [1.82, 2.24) is 15.2 Å². The van der Waals surface area contributed by atoms with Gasteiger partial charge in [-0.05, 0) is 35.9 Å². The third-order valence-electron chi connectivity index (χ3n) is 3.59. The normalized spacial score (nSPS) is 10.5. The molecule has 2 aromatic carbocycles. The molecule has 0 radical (unpaired) electrons. The molecule has 7 heteroatoms. The molecular weight excluding hydrogens is 323 g/mol. The molecule has 3 aromatic rings. The van der Waals surface area contributed by atoms with Crippen LogP contribution in [0, 0.1) is 5.82 Å². The quantitative estimate of drug-likeness (QED) is 0.723. The van der Waals surface area contributed by atoms with Gasteiger partial charge in [0.25, 0.3) is 0 Å². The van der Waals surface area contributed by atoms with Gasteiger partial charge in [-0.1, -0.05) is 18.2 Å². The first-order valence-electron chi connectivity index (χ1n) is 7.71. The van der Waals surface area contributed by atoms with Crippen LogP contribution in [-0.2, 0) is 17.6 Å². The summed E-state index contributed by atoms with van der Waals surface area (Å²) in [7, 11) is 1.58. The minimum absolute atomic E-state index is 0.0276. The summed E-state index contributed by atoms with van der Waals surface area (Å²) in [4.78, 5) is 16.3. The van der Waals surface area contributed by atoms with Crippen molar-refractivity contribution in [2.24, 2.45) is 0 Å². The van der Waals surface area contributed by atoms with Crippen molar-refractivity contribution in [3.05, 3.63) is 71.6 Å². The van der Waals surface area contributed by atoms with Crippen LogP contribution in [0.3, 0.4) is 0 Å². The van der Waals surface area contributed by atoms with Gasteiger partial charge in [0.15, 0.2) is 5.82 Å². The van der Waals surface area contributed by atoms with Gasteiger partial charge in [0.1, 0.15) is 17.4 Å². The predicted octanol–water partition coefficient (Wildman–Crippen LogP) is 2.72. The van der Waals surface area contributed by atoms with E-state index in [1.54, 1.807) is 49.6 Å². The summed E-state index contributed by atoms with van der Waals surface area (Å²) in [5, 5.41) is 9.51. The van der Waals surface area contributed by atoms with E-state index in [9.17, 15) is 9.18 Å². The van der Waals surface area contributed by atoms with Gasteiger partial charge in [0.2, 0.25) is 5.91 Å². The van der Waals surface area contributed by atoms with Crippen molar-refractivity contribution in [3.8, 4) is 5.75 Å². The van der Waals surface area contributed by atoms with Crippen molar-refractivity contribution < 1.29 is 13.9 Å². The maximum absolute atomic E-state index is 13.7. The van der Waals surface area contributed by atoms with Crippen LogP contribution in [0.5, 0.6) is 5.75 Å². The number of carbonyl (C=O) groups is 1. The van der Waals surface area contributed by atoms with Crippen LogP contribution in [0.25, 0.3) is 0 Å². The lowest BCUT2D eigenvalue weighted by molar-refractivity contribution is -0.115. The lowest BCUT2D eigenvalue weighted by Gasteiger charge is -2.04. The first kappa shape index (κ1) is 16.6. The summed E-state index contributed by atoms with van der Waals surface area (Å²) in [6.07, 6.45) is 0.319. The Morgan fingerprint density at radius 2 is 1.96 bits per heavy atom. The number of anilines is 1. The number of methoxy groups -OCH3 is 1. The monoisotopic (exact) mass is 340 g/mol. The molecule has 6 nitrogen and oxygen atoms in total. The Morgan fingerprint density at radius 1 is 1.20 bits per heavy atom. The van der Waals surface area contributed by atoms with Gasteiger partial charge in [0, 0.05) is 12.1 Å². The maximum Gasteiger partial charge on any atom is 0.232 e. The van der Waals surface area contributed by atoms with E-state index in [1.165, 1.54) is 6.07 Å². The number of hydrogen-bond acceptors (Lipinski definition) is 4. The van der Waals surface area contributed by atoms with E-state index in [2.05, 4.69) is 20.5 Å². The Morgan fingerprint density at radius 3 is 2.68 bits per heavy atom. The number of amides is 1. The summed E-state index contributed by atoms with van der Waals surface area (Å²) in [5.74, 6) is 1.05. The molecule has 0 spiro atoms. The molecule has 1 amide bonds. The average Bonchev–Trinajstić information content (AvgIpc) is 3.04. The molecule has 3 rings (SSSR count). The molecule has 0 atom stereocenters. The Kier molecular flexibility index (Phi) is 5.03. The number of rotatable bonds is 6. The van der Waals surface area contributed by atoms with Gasteiger partial charge < -0.3 is 10.1 Å². The number of aromatic amines is 1. The lowest BCUT2D eigenvalue weighted by Crippen LogP contribution is -2.15. The summed E-state index contributed by atoms with van der Waals surface area (Å²) in [5.41, 5.74) is 1.18. The third kappa shape index (κ3) is 4.41. The van der Waals surface area contributed by atoms with E-state index in [0.29, 0.717) is 35.1 Å². The highest BCUT2D eigenvalue weighted by molar-refractivity contribution is 5.91. The number of aromatic nitrogens is 3. The van der Waals surface area contributed by atoms with Crippen molar-refractivity contribution in [2.75, 3.05) is 12.4 Å². The third-order valence-corrected chi connectivity index (χ3v) is 3.59. The Balaban J connectivity index is 1.58. The summed E-state index contributed by atoms with van der Waals surface area (Å²) >= 11 is 0. The molecule has 1 heterocycles. The zero-order valence-electron chi connectivity index (χ0n) is 13.6. The van der Waals surface area contributed by atoms with Crippen molar-refractivity contribution >= 4 is 11.6 Å². The van der Waals surface area contributed by atoms with Gasteiger partial charge in [-0.3, -0.25) is 9.89 Å². The highest BCUT2D eigenvalue weighted by atomic mass is 19.1. The minimum atomic E-state index is -0.294. The van der Waals surface area contributed by atoms with Gasteiger partial charge >= 0.3 is 0 Å². The molecule has 25 heavy (non-hydrogen) atoms. The fourth-order valence-corrected chi connectivity index (χ4v) is 2.34. The van der Waals surface area contributed by atoms with E-state index in [1.807, 2.05) is 0 Å². The molecule has 1 aromatic heterocycles. The summed E-state index contributed by atoms with van der Waals surface area (Å²) in [6, 6.07) is 13.5. The number of nitrogens with zero attached hydrogens (tertiary/aromatic N) is 2. The fraction of sp³-hybridized carbons (Fsp3) is 0.167. The molecule has 0 bridgehead atoms. The zero-order valence-corrected chi connectivity index (χ0v) is 13.6. The highest BCUT2D eigenvalue weighted by Gasteiger charge is 2.11. The Hall–Kier alpha value is -3.22. The standard InChI is InChI=1S/C18H17FN4O2/c1-25-14-8-6-13(7-9-14)20-18(24)11-17-21-16(22-23-17)10-12-4-2-3-5-15(12)19/h2-9H,10-11H2,1H3,(H,20,24)(H,21,22,23). The Labute approximate surface area is 144 Å². The SMILES string of the molecule is COc1ccc(NC(=O)Cc2n[nH]c(Cc3ccccc3F)n2)cc1. The zero-order chi connectivity index (χ0) is 17.6. The smallest absolute Gasteiger partial charge is 0.232 e. The van der Waals surface area contributed by atoms with E-state index < -0.39 is 0 Å². The van der Waals surface area contributed by atoms with Crippen LogP contribution in [0.4, 0.5) is 10.1 Å². The number of nitrogens with one attached hydrogen (secondary N) is 2. The van der Waals surface area contributed by atoms with E-state index >= 15 is 0 Å². The Bertz CT molecular complexity index is 862. The van der Waals surface area contributed by atoms with Crippen molar-refractivity contribution in [2.45, 2.75) is 12.8 Å². The number of hydrogen-bond donors (Lipinski definition) is 2. The maximum atomic E-state index is 13.7. The number of H-pyrrole nitrogens is 1. The molecule has 0 aliphatic heterocycles. The second kappa shape index (κ2) is 7.57. The molecule has 128 valence electrons. The van der Waals surface area contributed by atoms with Crippen LogP contribution in [0.1, 0.15) is 17.2 Å². The number of benzene rings is 2. The number of ether oxygens (including phenoxy) is 1. The van der Waals surface area contributed by atoms with Crippen LogP contribution in [0.2, 0.25) is 0 Å². The predicted molar refractivity (Wildman–Crippen MR) is 90.9 cm³/mol. The molecule has 0 unspecified atom stereocenters. The minimum Gasteiger partial charge on any atom is -0.497 e. The molecule has 0 saturated heterocycles. The van der Waals surface area contributed by atoms with Gasteiger partial charge in [-0.2, -0.15) is 5.10 Å². The molecule has 0 aliphatic rings. The van der Waals surface area contributed by atoms with E-state index in [-0.39, 0.29) is 18.1 Å². The van der Waals surface area contributed by atoms with Crippen molar-refractivity contribution in [3.63, 3.8) is 0 Å². The molecule has 0 fully saturated rings. The van der Waals surface area contributed by atoms with E-state index in [4.69, 9.17) is 4.74 Å². The number of halogens is 1. The molecule has 2 N–H and O–H groups in total. The first-order chi connectivity index (χ1) is 12.1. The summed E-state index contributed by atoms with van der Waals surface area (Å²) in [6.45, 7) is 0. The average molecular weight is 340 g/mol. The fourth-order valence-electron chi connectivity index (χ4n) is 2.34. The lowest BCUT2D eigenvalue weighted by atomic mass is 10.1. The van der Waals surface area contributed by atoms with Crippen LogP contribution in [0.15, 0.2) is 48.5 Å². The molecule has 0 saturated carbocycles. The van der Waals surface area contributed by atoms with Gasteiger partial charge in [0.05, 0.1) is 13.5 Å². The second-order valence-corrected chi connectivity index (χ2v) is 5.42. The largest absolute Gasteiger partial charge is 0.497 e. The first-order valence-corrected chi connectivity index (χ1v) is 7.71. The van der Waals surface area contributed by atoms with Gasteiger partial charge in [-0.15, -0.1) is 0 Å². The summed E-state index contributed by atoms with van der Waals surface area (Å²) < 4.78 is 18.7. The van der Waals surface area contributed by atoms with E-state index in [0.717, 1.165) is 0 Å². The van der Waals surface area contributed by atoms with Crippen LogP contribution in [-0.4, -0.2) is 28.2 Å². The topological polar surface area (TPSA) is 79.9 Å². The molecular formula is C18H17FN4O2.